The Bertz CT molecular complexity index is 786. The van der Waals surface area contributed by atoms with Gasteiger partial charge < -0.3 is 15.2 Å². The third-order valence-electron chi connectivity index (χ3n) is 4.52. The van der Waals surface area contributed by atoms with Crippen molar-refractivity contribution in [2.75, 3.05) is 6.61 Å². The smallest absolute Gasteiger partial charge is 0.305 e. The van der Waals surface area contributed by atoms with Crippen LogP contribution in [0, 0.1) is 5.92 Å². The van der Waals surface area contributed by atoms with E-state index in [9.17, 15) is 9.59 Å². The molecule has 0 saturated heterocycles. The molecule has 0 spiro atoms. The van der Waals surface area contributed by atoms with Crippen LogP contribution in [0.5, 0.6) is 5.75 Å². The van der Waals surface area contributed by atoms with Crippen LogP contribution in [0.4, 0.5) is 0 Å². The van der Waals surface area contributed by atoms with Gasteiger partial charge in [-0.05, 0) is 44.0 Å². The maximum atomic E-state index is 12.4. The maximum Gasteiger partial charge on any atom is 0.305 e. The molecular weight excluding hydrogens is 364 g/mol. The van der Waals surface area contributed by atoms with E-state index < -0.39 is 11.5 Å². The summed E-state index contributed by atoms with van der Waals surface area (Å²) in [4.78, 5) is 28.1. The van der Waals surface area contributed by atoms with Crippen molar-refractivity contribution < 1.29 is 19.4 Å². The fourth-order valence-electron chi connectivity index (χ4n) is 2.62. The summed E-state index contributed by atoms with van der Waals surface area (Å²) in [6, 6.07) is 7.67. The van der Waals surface area contributed by atoms with Crippen molar-refractivity contribution in [3.8, 4) is 16.3 Å². The highest BCUT2D eigenvalue weighted by Gasteiger charge is 2.32. The highest BCUT2D eigenvalue weighted by molar-refractivity contribution is 7.13. The number of carboxylic acid groups (broad SMARTS) is 1. The molecule has 146 valence electrons. The summed E-state index contributed by atoms with van der Waals surface area (Å²) < 4.78 is 5.44. The molecule has 2 aromatic rings. The molecule has 0 fully saturated rings. The summed E-state index contributed by atoms with van der Waals surface area (Å²) in [6.45, 7) is 8.11. The first-order valence-electron chi connectivity index (χ1n) is 8.94. The maximum absolute atomic E-state index is 12.4. The number of hydrogen-bond donors (Lipinski definition) is 2. The van der Waals surface area contributed by atoms with E-state index in [4.69, 9.17) is 9.84 Å². The number of rotatable bonds is 9. The zero-order valence-electron chi connectivity index (χ0n) is 16.1. The lowest BCUT2D eigenvalue weighted by atomic mass is 9.85. The van der Waals surface area contributed by atoms with Gasteiger partial charge in [-0.3, -0.25) is 9.59 Å². The lowest BCUT2D eigenvalue weighted by molar-refractivity contribution is -0.139. The minimum Gasteiger partial charge on any atom is -0.494 e. The molecule has 1 aromatic heterocycles. The molecule has 6 nitrogen and oxygen atoms in total. The molecule has 0 radical (unpaired) electrons. The Labute approximate surface area is 163 Å². The lowest BCUT2D eigenvalue weighted by Gasteiger charge is -2.33. The van der Waals surface area contributed by atoms with Crippen molar-refractivity contribution in [2.24, 2.45) is 5.92 Å². The monoisotopic (exact) mass is 390 g/mol. The van der Waals surface area contributed by atoms with E-state index in [1.165, 1.54) is 11.3 Å². The second-order valence-corrected chi connectivity index (χ2v) is 7.83. The number of carbonyl (C=O) groups is 2. The Balaban J connectivity index is 2.04. The molecule has 2 rings (SSSR count). The van der Waals surface area contributed by atoms with E-state index in [-0.39, 0.29) is 24.7 Å². The number of nitrogens with one attached hydrogen (secondary N) is 1. The van der Waals surface area contributed by atoms with Gasteiger partial charge in [0, 0.05) is 16.5 Å². The molecule has 0 bridgehead atoms. The first-order valence-corrected chi connectivity index (χ1v) is 9.82. The average molecular weight is 391 g/mol. The van der Waals surface area contributed by atoms with Crippen LogP contribution in [0.1, 0.15) is 39.8 Å². The first-order chi connectivity index (χ1) is 12.7. The largest absolute Gasteiger partial charge is 0.494 e. The summed E-state index contributed by atoms with van der Waals surface area (Å²) in [6.07, 6.45) is 0.000357. The van der Waals surface area contributed by atoms with E-state index in [2.05, 4.69) is 10.3 Å². The number of nitrogens with zero attached hydrogens (tertiary/aromatic N) is 1. The minimum absolute atomic E-state index is 0.00704. The molecule has 0 saturated carbocycles. The van der Waals surface area contributed by atoms with Crippen LogP contribution in [-0.4, -0.2) is 34.1 Å². The number of hydrogen-bond acceptors (Lipinski definition) is 5. The summed E-state index contributed by atoms with van der Waals surface area (Å²) in [5.74, 6) is -0.356. The van der Waals surface area contributed by atoms with Gasteiger partial charge in [0.15, 0.2) is 0 Å². The number of thiazole rings is 1. The quantitative estimate of drug-likeness (QED) is 0.681. The first kappa shape index (κ1) is 20.9. The third-order valence-corrected chi connectivity index (χ3v) is 5.46. The van der Waals surface area contributed by atoms with Crippen molar-refractivity contribution in [3.05, 3.63) is 35.3 Å². The Kier molecular flexibility index (Phi) is 6.96. The van der Waals surface area contributed by atoms with Gasteiger partial charge in [0.2, 0.25) is 5.91 Å². The zero-order valence-corrected chi connectivity index (χ0v) is 16.9. The van der Waals surface area contributed by atoms with Crippen LogP contribution in [0.2, 0.25) is 0 Å². The van der Waals surface area contributed by atoms with Crippen molar-refractivity contribution in [1.29, 1.82) is 0 Å². The predicted molar refractivity (Wildman–Crippen MR) is 106 cm³/mol. The molecule has 1 atom stereocenters. The standard InChI is InChI=1S/C20H26N2O4S/c1-5-26-16-8-6-14(7-9-16)19-21-15(12-27-19)10-17(23)22-20(4,13(2)3)11-18(24)25/h6-9,12-13H,5,10-11H2,1-4H3,(H,22,23)(H,24,25). The zero-order chi connectivity index (χ0) is 20.0. The number of amides is 1. The predicted octanol–water partition coefficient (Wildman–Crippen LogP) is 3.76. The number of benzene rings is 1. The normalized spacial score (nSPS) is 13.2. The molecular formula is C20H26N2O4S. The SMILES string of the molecule is CCOc1ccc(-c2nc(CC(=O)NC(C)(CC(=O)O)C(C)C)cs2)cc1. The Morgan fingerprint density at radius 2 is 1.96 bits per heavy atom. The van der Waals surface area contributed by atoms with E-state index in [1.54, 1.807) is 6.92 Å². The lowest BCUT2D eigenvalue weighted by Crippen LogP contribution is -2.51. The summed E-state index contributed by atoms with van der Waals surface area (Å²) >= 11 is 1.47. The third kappa shape index (κ3) is 5.79. The van der Waals surface area contributed by atoms with Crippen molar-refractivity contribution >= 4 is 23.2 Å². The molecule has 27 heavy (non-hydrogen) atoms. The fourth-order valence-corrected chi connectivity index (χ4v) is 3.44. The van der Waals surface area contributed by atoms with E-state index in [1.807, 2.05) is 50.4 Å². The molecule has 0 aliphatic carbocycles. The summed E-state index contributed by atoms with van der Waals surface area (Å²) in [5.41, 5.74) is 0.840. The van der Waals surface area contributed by atoms with Gasteiger partial charge in [0.1, 0.15) is 10.8 Å². The molecule has 1 aromatic carbocycles. The number of carbonyl (C=O) groups excluding carboxylic acids is 1. The van der Waals surface area contributed by atoms with Gasteiger partial charge in [0.25, 0.3) is 0 Å². The van der Waals surface area contributed by atoms with Crippen LogP contribution in [0.25, 0.3) is 10.6 Å². The number of aromatic nitrogens is 1. The van der Waals surface area contributed by atoms with Crippen LogP contribution in [-0.2, 0) is 16.0 Å². The Morgan fingerprint density at radius 1 is 1.30 bits per heavy atom. The summed E-state index contributed by atoms with van der Waals surface area (Å²) in [5, 5.41) is 14.7. The highest BCUT2D eigenvalue weighted by atomic mass is 32.1. The van der Waals surface area contributed by atoms with Crippen LogP contribution in [0.3, 0.4) is 0 Å². The molecule has 1 unspecified atom stereocenters. The van der Waals surface area contributed by atoms with Gasteiger partial charge in [-0.15, -0.1) is 11.3 Å². The molecule has 0 aliphatic rings. The number of ether oxygens (including phenoxy) is 1. The van der Waals surface area contributed by atoms with Crippen molar-refractivity contribution in [2.45, 2.75) is 46.1 Å². The van der Waals surface area contributed by atoms with Crippen LogP contribution in [0.15, 0.2) is 29.6 Å². The molecule has 7 heteroatoms. The molecule has 1 amide bonds. The van der Waals surface area contributed by atoms with Crippen LogP contribution >= 0.6 is 11.3 Å². The summed E-state index contributed by atoms with van der Waals surface area (Å²) in [7, 11) is 0. The van der Waals surface area contributed by atoms with Crippen molar-refractivity contribution in [1.82, 2.24) is 10.3 Å². The van der Waals surface area contributed by atoms with Gasteiger partial charge >= 0.3 is 5.97 Å². The van der Waals surface area contributed by atoms with E-state index in [0.717, 1.165) is 16.3 Å². The van der Waals surface area contributed by atoms with Gasteiger partial charge in [-0.1, -0.05) is 13.8 Å². The topological polar surface area (TPSA) is 88.5 Å². The fraction of sp³-hybridized carbons (Fsp3) is 0.450. The highest BCUT2D eigenvalue weighted by Crippen LogP contribution is 2.26. The average Bonchev–Trinajstić information content (AvgIpc) is 3.03. The minimum atomic E-state index is -0.932. The Hall–Kier alpha value is -2.41. The molecule has 1 heterocycles. The molecule has 2 N–H and O–H groups in total. The molecule has 0 aliphatic heterocycles. The van der Waals surface area contributed by atoms with Gasteiger partial charge in [0.05, 0.1) is 25.1 Å². The van der Waals surface area contributed by atoms with E-state index >= 15 is 0 Å². The van der Waals surface area contributed by atoms with Crippen molar-refractivity contribution in [3.63, 3.8) is 0 Å². The Morgan fingerprint density at radius 3 is 2.52 bits per heavy atom. The second kappa shape index (κ2) is 8.99. The van der Waals surface area contributed by atoms with Gasteiger partial charge in [-0.2, -0.15) is 0 Å². The van der Waals surface area contributed by atoms with Gasteiger partial charge in [-0.25, -0.2) is 4.98 Å². The van der Waals surface area contributed by atoms with Crippen LogP contribution < -0.4 is 10.1 Å². The number of aliphatic carboxylic acids is 1. The second-order valence-electron chi connectivity index (χ2n) is 6.97. The van der Waals surface area contributed by atoms with E-state index in [0.29, 0.717) is 12.3 Å². The number of carboxylic acids is 1.